The Morgan fingerprint density at radius 1 is 1.42 bits per heavy atom. The predicted molar refractivity (Wildman–Crippen MR) is 76.0 cm³/mol. The maximum Gasteiger partial charge on any atom is 0.254 e. The molecule has 0 radical (unpaired) electrons. The molecule has 1 aromatic rings. The number of hydrogen-bond acceptors (Lipinski definition) is 3. The molecule has 19 heavy (non-hydrogen) atoms. The number of aliphatic hydroxyl groups is 1. The summed E-state index contributed by atoms with van der Waals surface area (Å²) < 4.78 is 0. The smallest absolute Gasteiger partial charge is 0.254 e. The zero-order chi connectivity index (χ0) is 14.2. The number of carbonyl (C=O) groups excluding carboxylic acids is 1. The van der Waals surface area contributed by atoms with E-state index < -0.39 is 0 Å². The number of aliphatic hydroxyl groups excluding tert-OH is 1. The van der Waals surface area contributed by atoms with Crippen molar-refractivity contribution in [1.29, 1.82) is 0 Å². The number of benzene rings is 1. The van der Waals surface area contributed by atoms with Crippen LogP contribution in [0.4, 0.5) is 5.69 Å². The van der Waals surface area contributed by atoms with E-state index in [4.69, 9.17) is 5.73 Å². The van der Waals surface area contributed by atoms with Gasteiger partial charge in [0.2, 0.25) is 0 Å². The van der Waals surface area contributed by atoms with Crippen molar-refractivity contribution in [2.24, 2.45) is 5.92 Å². The second-order valence-corrected chi connectivity index (χ2v) is 5.56. The van der Waals surface area contributed by atoms with Gasteiger partial charge in [0.05, 0.1) is 6.10 Å². The molecule has 1 aromatic carbocycles. The van der Waals surface area contributed by atoms with Gasteiger partial charge < -0.3 is 15.7 Å². The largest absolute Gasteiger partial charge is 0.398 e. The minimum atomic E-state index is -0.359. The number of nitrogens with two attached hydrogens (primary N) is 1. The first-order chi connectivity index (χ1) is 8.90. The molecule has 2 rings (SSSR count). The second-order valence-electron chi connectivity index (χ2n) is 5.56. The summed E-state index contributed by atoms with van der Waals surface area (Å²) in [6.07, 6.45) is 0.506. The van der Waals surface area contributed by atoms with Gasteiger partial charge in [-0.2, -0.15) is 0 Å². The molecule has 4 heteroatoms. The molecule has 0 bridgehead atoms. The van der Waals surface area contributed by atoms with Crippen LogP contribution in [-0.4, -0.2) is 35.1 Å². The molecule has 3 N–H and O–H groups in total. The second kappa shape index (κ2) is 5.21. The Morgan fingerprint density at radius 2 is 2.11 bits per heavy atom. The van der Waals surface area contributed by atoms with E-state index in [1.165, 1.54) is 0 Å². The number of carbonyl (C=O) groups is 1. The minimum Gasteiger partial charge on any atom is -0.398 e. The van der Waals surface area contributed by atoms with Crippen LogP contribution in [0.2, 0.25) is 0 Å². The summed E-state index contributed by atoms with van der Waals surface area (Å²) in [5, 5.41) is 9.60. The highest BCUT2D eigenvalue weighted by Gasteiger charge is 2.30. The van der Waals surface area contributed by atoms with E-state index in [0.717, 1.165) is 17.5 Å². The fourth-order valence-electron chi connectivity index (χ4n) is 2.64. The monoisotopic (exact) mass is 262 g/mol. The molecule has 1 fully saturated rings. The molecule has 1 aliphatic heterocycles. The molecule has 104 valence electrons. The summed E-state index contributed by atoms with van der Waals surface area (Å²) in [5.74, 6) is 0.208. The Labute approximate surface area is 114 Å². The van der Waals surface area contributed by atoms with Crippen molar-refractivity contribution in [3.05, 3.63) is 28.8 Å². The zero-order valence-electron chi connectivity index (χ0n) is 11.8. The summed E-state index contributed by atoms with van der Waals surface area (Å²) in [7, 11) is 0. The van der Waals surface area contributed by atoms with Gasteiger partial charge in [-0.3, -0.25) is 4.79 Å². The quantitative estimate of drug-likeness (QED) is 0.798. The first-order valence-electron chi connectivity index (χ1n) is 6.74. The van der Waals surface area contributed by atoms with Crippen molar-refractivity contribution in [1.82, 2.24) is 4.90 Å². The molecule has 0 aliphatic carbocycles. The molecule has 1 saturated heterocycles. The third-order valence-corrected chi connectivity index (χ3v) is 4.04. The number of aryl methyl sites for hydroxylation is 2. The van der Waals surface area contributed by atoms with Gasteiger partial charge in [-0.25, -0.2) is 0 Å². The van der Waals surface area contributed by atoms with Gasteiger partial charge >= 0.3 is 0 Å². The Morgan fingerprint density at radius 3 is 2.68 bits per heavy atom. The standard InChI is InChI=1S/C15H22N2O2/c1-9-6-10(2)14(16)7-13(9)15(19)17-5-4-12(8-17)11(3)18/h6-7,11-12,18H,4-5,8,16H2,1-3H3. The van der Waals surface area contributed by atoms with Gasteiger partial charge in [0.15, 0.2) is 0 Å². The average molecular weight is 262 g/mol. The van der Waals surface area contributed by atoms with E-state index in [9.17, 15) is 9.90 Å². The van der Waals surface area contributed by atoms with Crippen LogP contribution in [0.3, 0.4) is 0 Å². The maximum absolute atomic E-state index is 12.5. The van der Waals surface area contributed by atoms with E-state index in [2.05, 4.69) is 0 Å². The third kappa shape index (κ3) is 2.73. The Hall–Kier alpha value is -1.55. The lowest BCUT2D eigenvalue weighted by molar-refractivity contribution is 0.0762. The van der Waals surface area contributed by atoms with Crippen LogP contribution in [0, 0.1) is 19.8 Å². The number of nitrogen functional groups attached to an aromatic ring is 1. The van der Waals surface area contributed by atoms with Crippen molar-refractivity contribution in [3.8, 4) is 0 Å². The number of hydrogen-bond donors (Lipinski definition) is 2. The highest BCUT2D eigenvalue weighted by atomic mass is 16.3. The van der Waals surface area contributed by atoms with Gasteiger partial charge in [0.1, 0.15) is 0 Å². The van der Waals surface area contributed by atoms with Crippen LogP contribution in [0.5, 0.6) is 0 Å². The molecular formula is C15H22N2O2. The summed E-state index contributed by atoms with van der Waals surface area (Å²) in [5.41, 5.74) is 9.17. The first kappa shape index (κ1) is 13.9. The van der Waals surface area contributed by atoms with Crippen LogP contribution in [-0.2, 0) is 0 Å². The van der Waals surface area contributed by atoms with Crippen molar-refractivity contribution in [3.63, 3.8) is 0 Å². The highest BCUT2D eigenvalue weighted by molar-refractivity contribution is 5.97. The molecular weight excluding hydrogens is 240 g/mol. The average Bonchev–Trinajstić information content (AvgIpc) is 2.82. The summed E-state index contributed by atoms with van der Waals surface area (Å²) in [4.78, 5) is 14.3. The molecule has 0 saturated carbocycles. The van der Waals surface area contributed by atoms with Crippen molar-refractivity contribution in [2.45, 2.75) is 33.3 Å². The van der Waals surface area contributed by atoms with Crippen molar-refractivity contribution < 1.29 is 9.90 Å². The van der Waals surface area contributed by atoms with E-state index in [1.807, 2.05) is 24.8 Å². The van der Waals surface area contributed by atoms with Gasteiger partial charge in [0, 0.05) is 30.3 Å². The molecule has 0 aromatic heterocycles. The highest BCUT2D eigenvalue weighted by Crippen LogP contribution is 2.24. The van der Waals surface area contributed by atoms with Gasteiger partial charge in [-0.1, -0.05) is 6.07 Å². The summed E-state index contributed by atoms with van der Waals surface area (Å²) >= 11 is 0. The van der Waals surface area contributed by atoms with Crippen LogP contribution < -0.4 is 5.73 Å². The van der Waals surface area contributed by atoms with E-state index in [-0.39, 0.29) is 17.9 Å². The molecule has 1 amide bonds. The summed E-state index contributed by atoms with van der Waals surface area (Å²) in [6, 6.07) is 3.72. The number of nitrogens with zero attached hydrogens (tertiary/aromatic N) is 1. The maximum atomic E-state index is 12.5. The molecule has 2 unspecified atom stereocenters. The zero-order valence-corrected chi connectivity index (χ0v) is 11.8. The van der Waals surface area contributed by atoms with Gasteiger partial charge in [-0.05, 0) is 44.4 Å². The van der Waals surface area contributed by atoms with Gasteiger partial charge in [0.25, 0.3) is 5.91 Å². The predicted octanol–water partition coefficient (Wildman–Crippen LogP) is 1.73. The van der Waals surface area contributed by atoms with Crippen molar-refractivity contribution in [2.75, 3.05) is 18.8 Å². The van der Waals surface area contributed by atoms with Crippen LogP contribution in [0.1, 0.15) is 34.8 Å². The lowest BCUT2D eigenvalue weighted by atomic mass is 10.0. The lowest BCUT2D eigenvalue weighted by Gasteiger charge is -2.19. The van der Waals surface area contributed by atoms with Crippen LogP contribution in [0.25, 0.3) is 0 Å². The van der Waals surface area contributed by atoms with E-state index in [1.54, 1.807) is 13.0 Å². The van der Waals surface area contributed by atoms with Crippen LogP contribution in [0.15, 0.2) is 12.1 Å². The van der Waals surface area contributed by atoms with Gasteiger partial charge in [-0.15, -0.1) is 0 Å². The first-order valence-corrected chi connectivity index (χ1v) is 6.74. The molecule has 2 atom stereocenters. The number of anilines is 1. The van der Waals surface area contributed by atoms with E-state index in [0.29, 0.717) is 24.3 Å². The molecule has 1 heterocycles. The molecule has 0 spiro atoms. The third-order valence-electron chi connectivity index (χ3n) is 4.04. The Bertz CT molecular complexity index is 497. The molecule has 1 aliphatic rings. The SMILES string of the molecule is Cc1cc(C)c(C(=O)N2CCC(C(C)O)C2)cc1N. The fourth-order valence-corrected chi connectivity index (χ4v) is 2.64. The fraction of sp³-hybridized carbons (Fsp3) is 0.533. The molecule has 4 nitrogen and oxygen atoms in total. The number of amides is 1. The topological polar surface area (TPSA) is 66.6 Å². The van der Waals surface area contributed by atoms with E-state index >= 15 is 0 Å². The lowest BCUT2D eigenvalue weighted by Crippen LogP contribution is -2.31. The summed E-state index contributed by atoms with van der Waals surface area (Å²) in [6.45, 7) is 7.00. The van der Waals surface area contributed by atoms with Crippen LogP contribution >= 0.6 is 0 Å². The normalized spacial score (nSPS) is 20.6. The Kier molecular flexibility index (Phi) is 3.80. The minimum absolute atomic E-state index is 0.0207. The Balaban J connectivity index is 2.19. The number of rotatable bonds is 2. The number of likely N-dealkylation sites (tertiary alicyclic amines) is 1. The van der Waals surface area contributed by atoms with Crippen molar-refractivity contribution >= 4 is 11.6 Å².